The molecule has 1 aliphatic rings. The molecule has 0 bridgehead atoms. The van der Waals surface area contributed by atoms with E-state index in [1.807, 2.05) is 6.07 Å². The zero-order valence-electron chi connectivity index (χ0n) is 12.6. The van der Waals surface area contributed by atoms with Gasteiger partial charge in [-0.15, -0.1) is 0 Å². The van der Waals surface area contributed by atoms with E-state index in [9.17, 15) is 0 Å². The summed E-state index contributed by atoms with van der Waals surface area (Å²) in [6.45, 7) is 4.45. The van der Waals surface area contributed by atoms with Gasteiger partial charge in [0.05, 0.1) is 14.2 Å². The van der Waals surface area contributed by atoms with Crippen LogP contribution in [0.15, 0.2) is 16.6 Å². The lowest BCUT2D eigenvalue weighted by Crippen LogP contribution is -2.38. The van der Waals surface area contributed by atoms with Crippen LogP contribution in [-0.4, -0.2) is 31.7 Å². The second-order valence-electron chi connectivity index (χ2n) is 5.33. The number of ether oxygens (including phenoxy) is 2. The Balaban J connectivity index is 2.19. The fraction of sp³-hybridized carbons (Fsp3) is 0.625. The lowest BCUT2D eigenvalue weighted by atomic mass is 9.99. The minimum Gasteiger partial charge on any atom is -0.493 e. The van der Waals surface area contributed by atoms with Gasteiger partial charge in [-0.1, -0.05) is 29.3 Å². The van der Waals surface area contributed by atoms with Crippen LogP contribution in [0.25, 0.3) is 0 Å². The molecule has 2 rings (SSSR count). The van der Waals surface area contributed by atoms with Crippen molar-refractivity contribution in [1.29, 1.82) is 0 Å². The summed E-state index contributed by atoms with van der Waals surface area (Å²) in [5, 5.41) is 0. The Morgan fingerprint density at radius 2 is 1.90 bits per heavy atom. The highest BCUT2D eigenvalue weighted by molar-refractivity contribution is 9.10. The number of hydrogen-bond acceptors (Lipinski definition) is 3. The maximum atomic E-state index is 5.41. The predicted molar refractivity (Wildman–Crippen MR) is 85.6 cm³/mol. The zero-order chi connectivity index (χ0) is 14.5. The van der Waals surface area contributed by atoms with E-state index < -0.39 is 0 Å². The van der Waals surface area contributed by atoms with Gasteiger partial charge in [-0.25, -0.2) is 0 Å². The van der Waals surface area contributed by atoms with Gasteiger partial charge in [-0.05, 0) is 43.5 Å². The van der Waals surface area contributed by atoms with E-state index in [2.05, 4.69) is 33.8 Å². The van der Waals surface area contributed by atoms with E-state index in [4.69, 9.17) is 9.47 Å². The summed E-state index contributed by atoms with van der Waals surface area (Å²) in [5.41, 5.74) is 1.27. The second kappa shape index (κ2) is 7.32. The normalized spacial score (nSPS) is 19.9. The minimum atomic E-state index is 0.712. The predicted octanol–water partition coefficient (Wildman–Crippen LogP) is 4.23. The Bertz CT molecular complexity index is 450. The van der Waals surface area contributed by atoms with Gasteiger partial charge in [-0.2, -0.15) is 0 Å². The minimum absolute atomic E-state index is 0.712. The molecule has 0 amide bonds. The van der Waals surface area contributed by atoms with Crippen molar-refractivity contribution in [3.8, 4) is 11.5 Å². The van der Waals surface area contributed by atoms with Gasteiger partial charge in [0.15, 0.2) is 11.5 Å². The molecule has 0 radical (unpaired) electrons. The van der Waals surface area contributed by atoms with Crippen LogP contribution < -0.4 is 9.47 Å². The van der Waals surface area contributed by atoms with Crippen LogP contribution in [0.1, 0.15) is 38.2 Å². The number of piperidine rings is 1. The van der Waals surface area contributed by atoms with Gasteiger partial charge in [0.25, 0.3) is 0 Å². The molecule has 20 heavy (non-hydrogen) atoms. The van der Waals surface area contributed by atoms with Gasteiger partial charge in [-0.3, -0.25) is 4.90 Å². The first-order valence-electron chi connectivity index (χ1n) is 7.34. The summed E-state index contributed by atoms with van der Waals surface area (Å²) in [4.78, 5) is 2.59. The third kappa shape index (κ3) is 3.47. The Kier molecular flexibility index (Phi) is 5.73. The molecule has 0 N–H and O–H groups in total. The highest BCUT2D eigenvalue weighted by Gasteiger charge is 2.22. The van der Waals surface area contributed by atoms with E-state index in [1.165, 1.54) is 37.8 Å². The molecule has 1 aliphatic heterocycles. The van der Waals surface area contributed by atoms with E-state index in [0.29, 0.717) is 6.04 Å². The molecule has 1 saturated heterocycles. The van der Waals surface area contributed by atoms with E-state index in [1.54, 1.807) is 14.2 Å². The van der Waals surface area contributed by atoms with Crippen LogP contribution >= 0.6 is 15.9 Å². The Labute approximate surface area is 130 Å². The summed E-state index contributed by atoms with van der Waals surface area (Å²) >= 11 is 3.66. The summed E-state index contributed by atoms with van der Waals surface area (Å²) in [6, 6.07) is 4.80. The van der Waals surface area contributed by atoms with Crippen molar-refractivity contribution in [2.45, 2.75) is 45.2 Å². The first-order valence-corrected chi connectivity index (χ1v) is 8.13. The molecular weight excluding hydrogens is 318 g/mol. The first kappa shape index (κ1) is 15.6. The summed E-state index contributed by atoms with van der Waals surface area (Å²) in [6.07, 6.45) is 5.22. The molecule has 0 aromatic heterocycles. The van der Waals surface area contributed by atoms with Crippen LogP contribution in [0.5, 0.6) is 11.5 Å². The van der Waals surface area contributed by atoms with Crippen LogP contribution in [0.4, 0.5) is 0 Å². The average Bonchev–Trinajstić information content (AvgIpc) is 2.49. The van der Waals surface area contributed by atoms with Crippen LogP contribution in [0.3, 0.4) is 0 Å². The Morgan fingerprint density at radius 1 is 1.20 bits per heavy atom. The van der Waals surface area contributed by atoms with Crippen molar-refractivity contribution in [3.05, 3.63) is 22.2 Å². The third-order valence-corrected chi connectivity index (χ3v) is 4.88. The molecule has 1 unspecified atom stereocenters. The topological polar surface area (TPSA) is 21.7 Å². The van der Waals surface area contributed by atoms with Crippen molar-refractivity contribution < 1.29 is 9.47 Å². The van der Waals surface area contributed by atoms with Crippen molar-refractivity contribution in [2.75, 3.05) is 20.8 Å². The first-order chi connectivity index (χ1) is 9.69. The maximum absolute atomic E-state index is 5.41. The van der Waals surface area contributed by atoms with Crippen LogP contribution in [0, 0.1) is 0 Å². The summed E-state index contributed by atoms with van der Waals surface area (Å²) in [7, 11) is 3.35. The Morgan fingerprint density at radius 3 is 2.55 bits per heavy atom. The smallest absolute Gasteiger partial charge is 0.161 e. The van der Waals surface area contributed by atoms with Crippen molar-refractivity contribution in [2.24, 2.45) is 0 Å². The Hall–Kier alpha value is -0.740. The fourth-order valence-corrected chi connectivity index (χ4v) is 3.41. The molecule has 1 heterocycles. The molecule has 4 heteroatoms. The van der Waals surface area contributed by atoms with E-state index in [0.717, 1.165) is 22.5 Å². The monoisotopic (exact) mass is 341 g/mol. The molecule has 1 atom stereocenters. The molecule has 0 saturated carbocycles. The molecule has 1 aromatic rings. The lowest BCUT2D eigenvalue weighted by molar-refractivity contribution is 0.136. The van der Waals surface area contributed by atoms with Gasteiger partial charge < -0.3 is 9.47 Å². The highest BCUT2D eigenvalue weighted by atomic mass is 79.9. The quantitative estimate of drug-likeness (QED) is 0.799. The lowest BCUT2D eigenvalue weighted by Gasteiger charge is -2.35. The number of benzene rings is 1. The number of nitrogens with zero attached hydrogens (tertiary/aromatic N) is 1. The molecule has 112 valence electrons. The molecule has 1 fully saturated rings. The van der Waals surface area contributed by atoms with Crippen molar-refractivity contribution >= 4 is 15.9 Å². The fourth-order valence-electron chi connectivity index (χ4n) is 2.97. The largest absolute Gasteiger partial charge is 0.493 e. The van der Waals surface area contributed by atoms with Gasteiger partial charge in [0.2, 0.25) is 0 Å². The molecule has 1 aromatic carbocycles. The molecule has 3 nitrogen and oxygen atoms in total. The van der Waals surface area contributed by atoms with E-state index in [-0.39, 0.29) is 0 Å². The zero-order valence-corrected chi connectivity index (χ0v) is 14.2. The number of halogens is 1. The van der Waals surface area contributed by atoms with Gasteiger partial charge >= 0.3 is 0 Å². The molecule has 0 aliphatic carbocycles. The second-order valence-corrected chi connectivity index (χ2v) is 6.18. The van der Waals surface area contributed by atoms with Crippen molar-refractivity contribution in [1.82, 2.24) is 4.90 Å². The number of methoxy groups -OCH3 is 2. The number of rotatable bonds is 5. The third-order valence-electron chi connectivity index (χ3n) is 4.15. The van der Waals surface area contributed by atoms with Gasteiger partial charge in [0, 0.05) is 17.1 Å². The van der Waals surface area contributed by atoms with Crippen LogP contribution in [0.2, 0.25) is 0 Å². The SMILES string of the molecule is CCC1CCCCN1Cc1cc(OC)c(OC)cc1Br. The molecular formula is C16H24BrNO2. The standard InChI is InChI=1S/C16H24BrNO2/c1-4-13-7-5-6-8-18(13)11-12-9-15(19-2)16(20-3)10-14(12)17/h9-10,13H,4-8,11H2,1-3H3. The summed E-state index contributed by atoms with van der Waals surface area (Å²) < 4.78 is 11.8. The molecule has 0 spiro atoms. The van der Waals surface area contributed by atoms with Crippen LogP contribution in [-0.2, 0) is 6.54 Å². The van der Waals surface area contributed by atoms with Crippen molar-refractivity contribution in [3.63, 3.8) is 0 Å². The number of likely N-dealkylation sites (tertiary alicyclic amines) is 1. The number of hydrogen-bond donors (Lipinski definition) is 0. The maximum Gasteiger partial charge on any atom is 0.161 e. The average molecular weight is 342 g/mol. The highest BCUT2D eigenvalue weighted by Crippen LogP contribution is 2.34. The summed E-state index contributed by atoms with van der Waals surface area (Å²) in [5.74, 6) is 1.57. The van der Waals surface area contributed by atoms with Gasteiger partial charge in [0.1, 0.15) is 0 Å². The van der Waals surface area contributed by atoms with E-state index >= 15 is 0 Å².